The first kappa shape index (κ1) is 13.2. The third kappa shape index (κ3) is 2.32. The normalized spacial score (nSPS) is 14.9. The Morgan fingerprint density at radius 1 is 1.39 bits per heavy atom. The zero-order chi connectivity index (χ0) is 13.3. The zero-order valence-corrected chi connectivity index (χ0v) is 11.9. The number of aromatic nitrogens is 2. The van der Waals surface area contributed by atoms with Crippen LogP contribution in [0.25, 0.3) is 11.0 Å². The van der Waals surface area contributed by atoms with Crippen LogP contribution in [0.2, 0.25) is 5.02 Å². The number of para-hydroxylation sites is 1. The summed E-state index contributed by atoms with van der Waals surface area (Å²) >= 11 is 6.27. The molecule has 0 saturated heterocycles. The molecule has 1 aromatic carbocycles. The van der Waals surface area contributed by atoms with Crippen LogP contribution in [0, 0.1) is 5.92 Å². The number of nitrogen functional groups attached to an aromatic ring is 1. The number of hydrogen-bond acceptors (Lipinski definition) is 2. The van der Waals surface area contributed by atoms with Crippen LogP contribution in [-0.2, 0) is 0 Å². The van der Waals surface area contributed by atoms with E-state index in [1.54, 1.807) is 0 Å². The fourth-order valence-corrected chi connectivity index (χ4v) is 2.69. The minimum atomic E-state index is 0.310. The number of hydrogen-bond donors (Lipinski definition) is 1. The van der Waals surface area contributed by atoms with Crippen LogP contribution in [0.15, 0.2) is 18.2 Å². The van der Waals surface area contributed by atoms with Crippen LogP contribution in [0.1, 0.15) is 39.7 Å². The number of rotatable bonds is 4. The van der Waals surface area contributed by atoms with Crippen molar-refractivity contribution in [3.63, 3.8) is 0 Å². The number of imidazole rings is 1. The summed E-state index contributed by atoms with van der Waals surface area (Å²) in [5, 5.41) is 0.715. The highest BCUT2D eigenvalue weighted by molar-refractivity contribution is 6.35. The van der Waals surface area contributed by atoms with Gasteiger partial charge in [-0.2, -0.15) is 0 Å². The van der Waals surface area contributed by atoms with Crippen molar-refractivity contribution in [2.24, 2.45) is 5.92 Å². The van der Waals surface area contributed by atoms with Gasteiger partial charge in [0.25, 0.3) is 0 Å². The summed E-state index contributed by atoms with van der Waals surface area (Å²) in [4.78, 5) is 4.38. The first-order chi connectivity index (χ1) is 8.54. The minimum Gasteiger partial charge on any atom is -0.369 e. The van der Waals surface area contributed by atoms with Crippen molar-refractivity contribution in [1.29, 1.82) is 0 Å². The molecule has 1 heterocycles. The van der Waals surface area contributed by atoms with E-state index in [9.17, 15) is 0 Å². The van der Waals surface area contributed by atoms with E-state index < -0.39 is 0 Å². The summed E-state index contributed by atoms with van der Waals surface area (Å²) in [7, 11) is 0. The summed E-state index contributed by atoms with van der Waals surface area (Å²) in [6.07, 6.45) is 2.25. The van der Waals surface area contributed by atoms with Gasteiger partial charge in [-0.1, -0.05) is 37.9 Å². The fraction of sp³-hybridized carbons (Fsp3) is 0.500. The lowest BCUT2D eigenvalue weighted by atomic mass is 10.00. The Labute approximate surface area is 113 Å². The second-order valence-electron chi connectivity index (χ2n) is 5.05. The van der Waals surface area contributed by atoms with Gasteiger partial charge in [-0.15, -0.1) is 0 Å². The highest BCUT2D eigenvalue weighted by Crippen LogP contribution is 2.31. The van der Waals surface area contributed by atoms with Crippen molar-refractivity contribution < 1.29 is 0 Å². The highest BCUT2D eigenvalue weighted by atomic mass is 35.5. The molecule has 0 aliphatic heterocycles. The molecule has 2 unspecified atom stereocenters. The molecule has 2 atom stereocenters. The average molecular weight is 266 g/mol. The molecule has 2 N–H and O–H groups in total. The second-order valence-corrected chi connectivity index (χ2v) is 5.45. The number of halogens is 1. The number of benzene rings is 1. The Morgan fingerprint density at radius 3 is 2.78 bits per heavy atom. The van der Waals surface area contributed by atoms with E-state index in [2.05, 4.69) is 30.3 Å². The van der Waals surface area contributed by atoms with Crippen molar-refractivity contribution in [3.8, 4) is 0 Å². The maximum atomic E-state index is 6.27. The molecule has 4 heteroatoms. The second kappa shape index (κ2) is 5.19. The Hall–Kier alpha value is -1.22. The molecule has 0 saturated carbocycles. The molecule has 0 aliphatic carbocycles. The Morgan fingerprint density at radius 2 is 2.11 bits per heavy atom. The van der Waals surface area contributed by atoms with E-state index in [1.165, 1.54) is 6.42 Å². The lowest BCUT2D eigenvalue weighted by Gasteiger charge is -2.19. The molecule has 0 amide bonds. The van der Waals surface area contributed by atoms with E-state index in [-0.39, 0.29) is 0 Å². The van der Waals surface area contributed by atoms with Crippen molar-refractivity contribution in [1.82, 2.24) is 9.55 Å². The summed E-state index contributed by atoms with van der Waals surface area (Å²) in [6.45, 7) is 6.64. The van der Waals surface area contributed by atoms with Crippen molar-refractivity contribution in [2.45, 2.75) is 39.7 Å². The fourth-order valence-electron chi connectivity index (χ4n) is 2.43. The molecule has 1 aromatic heterocycles. The van der Waals surface area contributed by atoms with Gasteiger partial charge in [0, 0.05) is 6.04 Å². The molecule has 2 rings (SSSR count). The van der Waals surface area contributed by atoms with E-state index in [0.717, 1.165) is 17.5 Å². The molecule has 3 nitrogen and oxygen atoms in total. The summed E-state index contributed by atoms with van der Waals surface area (Å²) in [6, 6.07) is 6.05. The zero-order valence-electron chi connectivity index (χ0n) is 11.2. The monoisotopic (exact) mass is 265 g/mol. The van der Waals surface area contributed by atoms with Crippen molar-refractivity contribution in [2.75, 3.05) is 5.73 Å². The van der Waals surface area contributed by atoms with Crippen LogP contribution < -0.4 is 5.73 Å². The molecule has 18 heavy (non-hydrogen) atoms. The van der Waals surface area contributed by atoms with E-state index >= 15 is 0 Å². The largest absolute Gasteiger partial charge is 0.369 e. The van der Waals surface area contributed by atoms with E-state index in [0.29, 0.717) is 22.9 Å². The summed E-state index contributed by atoms with van der Waals surface area (Å²) in [5.74, 6) is 1.22. The van der Waals surface area contributed by atoms with Crippen LogP contribution in [0.5, 0.6) is 0 Å². The van der Waals surface area contributed by atoms with Gasteiger partial charge in [0.2, 0.25) is 5.95 Å². The molecule has 0 aliphatic rings. The molecular formula is C14H20ClN3. The van der Waals surface area contributed by atoms with Crippen LogP contribution >= 0.6 is 11.6 Å². The van der Waals surface area contributed by atoms with Crippen molar-refractivity contribution in [3.05, 3.63) is 23.2 Å². The maximum Gasteiger partial charge on any atom is 0.201 e. The molecular weight excluding hydrogens is 246 g/mol. The quantitative estimate of drug-likeness (QED) is 0.897. The summed E-state index contributed by atoms with van der Waals surface area (Å²) in [5.41, 5.74) is 7.86. The average Bonchev–Trinajstić information content (AvgIpc) is 2.66. The van der Waals surface area contributed by atoms with Crippen LogP contribution in [0.4, 0.5) is 5.95 Å². The Kier molecular flexibility index (Phi) is 3.81. The van der Waals surface area contributed by atoms with E-state index in [1.807, 2.05) is 18.2 Å². The van der Waals surface area contributed by atoms with Crippen molar-refractivity contribution >= 4 is 28.6 Å². The Balaban J connectivity index is 2.46. The minimum absolute atomic E-state index is 0.310. The SMILES string of the molecule is CCC(C)CC(C)n1c(N)nc2cccc(Cl)c21. The number of anilines is 1. The number of nitrogens with two attached hydrogens (primary N) is 1. The lowest BCUT2D eigenvalue weighted by Crippen LogP contribution is -2.12. The molecule has 0 radical (unpaired) electrons. The predicted molar refractivity (Wildman–Crippen MR) is 77.9 cm³/mol. The number of nitrogens with zero attached hydrogens (tertiary/aromatic N) is 2. The first-order valence-electron chi connectivity index (χ1n) is 6.46. The molecule has 2 aromatic rings. The van der Waals surface area contributed by atoms with Gasteiger partial charge < -0.3 is 10.3 Å². The third-order valence-corrected chi connectivity index (χ3v) is 3.87. The van der Waals surface area contributed by atoms with Crippen LogP contribution in [0.3, 0.4) is 0 Å². The molecule has 0 spiro atoms. The smallest absolute Gasteiger partial charge is 0.201 e. The third-order valence-electron chi connectivity index (χ3n) is 3.57. The Bertz CT molecular complexity index is 547. The van der Waals surface area contributed by atoms with Gasteiger partial charge in [-0.25, -0.2) is 4.98 Å². The van der Waals surface area contributed by atoms with Gasteiger partial charge in [-0.05, 0) is 31.4 Å². The topological polar surface area (TPSA) is 43.8 Å². The number of fused-ring (bicyclic) bond motifs is 1. The van der Waals surface area contributed by atoms with E-state index in [4.69, 9.17) is 17.3 Å². The van der Waals surface area contributed by atoms with Gasteiger partial charge in [0.05, 0.1) is 16.1 Å². The highest BCUT2D eigenvalue weighted by Gasteiger charge is 2.17. The first-order valence-corrected chi connectivity index (χ1v) is 6.84. The summed E-state index contributed by atoms with van der Waals surface area (Å²) < 4.78 is 2.06. The lowest BCUT2D eigenvalue weighted by molar-refractivity contribution is 0.407. The molecule has 0 bridgehead atoms. The maximum absolute atomic E-state index is 6.27. The molecule has 0 fully saturated rings. The predicted octanol–water partition coefficient (Wildman–Crippen LogP) is 4.27. The standard InChI is InChI=1S/C14H20ClN3/c1-4-9(2)8-10(3)18-13-11(15)6-5-7-12(13)17-14(18)16/h5-7,9-10H,4,8H2,1-3H3,(H2,16,17). The van der Waals surface area contributed by atoms with Gasteiger partial charge in [0.15, 0.2) is 0 Å². The van der Waals surface area contributed by atoms with Crippen LogP contribution in [-0.4, -0.2) is 9.55 Å². The van der Waals surface area contributed by atoms with Gasteiger partial charge in [0.1, 0.15) is 0 Å². The van der Waals surface area contributed by atoms with Gasteiger partial charge in [-0.3, -0.25) is 0 Å². The molecule has 98 valence electrons. The van der Waals surface area contributed by atoms with Gasteiger partial charge >= 0.3 is 0 Å².